The van der Waals surface area contributed by atoms with Crippen molar-refractivity contribution in [2.24, 2.45) is 7.05 Å². The van der Waals surface area contributed by atoms with Gasteiger partial charge < -0.3 is 19.3 Å². The molecule has 1 aromatic carbocycles. The quantitative estimate of drug-likeness (QED) is 0.436. The van der Waals surface area contributed by atoms with Crippen molar-refractivity contribution in [1.29, 1.82) is 0 Å². The number of aromatic carboxylic acids is 1. The number of hydrogen-bond donors (Lipinski definition) is 1. The van der Waals surface area contributed by atoms with Gasteiger partial charge in [0.2, 0.25) is 0 Å². The second-order valence-corrected chi connectivity index (χ2v) is 6.72. The fraction of sp³-hybridized carbons (Fsp3) is 0.550. The lowest BCUT2D eigenvalue weighted by molar-refractivity contribution is -0.156. The molecule has 2 aromatic rings. The lowest BCUT2D eigenvalue weighted by Crippen LogP contribution is -2.24. The summed E-state index contributed by atoms with van der Waals surface area (Å²) in [5.41, 5.74) is -1.13. The molecule has 10 heteroatoms. The molecule has 0 radical (unpaired) electrons. The molecule has 1 aromatic heterocycles. The van der Waals surface area contributed by atoms with Crippen LogP contribution in [0.25, 0.3) is 5.69 Å². The number of ether oxygens (including phenoxy) is 3. The van der Waals surface area contributed by atoms with E-state index in [4.69, 9.17) is 14.2 Å². The maximum absolute atomic E-state index is 14.7. The van der Waals surface area contributed by atoms with Crippen LogP contribution in [0.4, 0.5) is 4.39 Å². The van der Waals surface area contributed by atoms with Crippen molar-refractivity contribution in [3.63, 3.8) is 0 Å². The first-order chi connectivity index (χ1) is 14.2. The molecule has 1 heterocycles. The first-order valence-electron chi connectivity index (χ1n) is 9.84. The Bertz CT molecular complexity index is 939. The molecule has 2 unspecified atom stereocenters. The number of carbonyl (C=O) groups is 1. The number of aromatic nitrogens is 3. The fourth-order valence-corrected chi connectivity index (χ4v) is 2.90. The summed E-state index contributed by atoms with van der Waals surface area (Å²) in [5, 5.41) is 13.6. The van der Waals surface area contributed by atoms with Crippen molar-refractivity contribution in [3.8, 4) is 11.4 Å². The first kappa shape index (κ1) is 23.6. The average Bonchev–Trinajstić information content (AvgIpc) is 2.98. The second-order valence-electron chi connectivity index (χ2n) is 6.72. The van der Waals surface area contributed by atoms with E-state index in [1.165, 1.54) is 17.7 Å². The van der Waals surface area contributed by atoms with Crippen molar-refractivity contribution in [2.75, 3.05) is 13.2 Å². The fourth-order valence-electron chi connectivity index (χ4n) is 2.90. The molecule has 1 N–H and O–H groups in total. The van der Waals surface area contributed by atoms with Crippen LogP contribution < -0.4 is 10.4 Å². The summed E-state index contributed by atoms with van der Waals surface area (Å²) in [4.78, 5) is 24.2. The van der Waals surface area contributed by atoms with Gasteiger partial charge in [-0.1, -0.05) is 13.3 Å². The summed E-state index contributed by atoms with van der Waals surface area (Å²) in [6, 6.07) is 2.01. The van der Waals surface area contributed by atoms with Gasteiger partial charge in [0, 0.05) is 19.7 Å². The highest BCUT2D eigenvalue weighted by Gasteiger charge is 2.24. The topological polar surface area (TPSA) is 105 Å². The summed E-state index contributed by atoms with van der Waals surface area (Å²) in [5.74, 6) is -1.99. The second kappa shape index (κ2) is 10.4. The van der Waals surface area contributed by atoms with Gasteiger partial charge in [-0.25, -0.2) is 14.0 Å². The molecule has 0 aliphatic carbocycles. The summed E-state index contributed by atoms with van der Waals surface area (Å²) in [7, 11) is 1.49. The van der Waals surface area contributed by atoms with Crippen molar-refractivity contribution < 1.29 is 28.5 Å². The highest BCUT2D eigenvalue weighted by molar-refractivity contribution is 5.91. The van der Waals surface area contributed by atoms with E-state index in [-0.39, 0.29) is 29.4 Å². The molecule has 166 valence electrons. The van der Waals surface area contributed by atoms with E-state index < -0.39 is 29.9 Å². The van der Waals surface area contributed by atoms with E-state index >= 15 is 0 Å². The highest BCUT2D eigenvalue weighted by atomic mass is 19.1. The Labute approximate surface area is 174 Å². The Morgan fingerprint density at radius 2 is 2.00 bits per heavy atom. The van der Waals surface area contributed by atoms with Crippen LogP contribution in [0.15, 0.2) is 16.9 Å². The van der Waals surface area contributed by atoms with Crippen molar-refractivity contribution in [3.05, 3.63) is 39.8 Å². The highest BCUT2D eigenvalue weighted by Crippen LogP contribution is 2.26. The third kappa shape index (κ3) is 5.25. The van der Waals surface area contributed by atoms with Crippen LogP contribution in [0.5, 0.6) is 5.75 Å². The normalized spacial score (nSPS) is 13.3. The molecule has 0 spiro atoms. The molecule has 0 bridgehead atoms. The number of carboxylic acids is 1. The Morgan fingerprint density at radius 3 is 2.60 bits per heavy atom. The van der Waals surface area contributed by atoms with Crippen molar-refractivity contribution in [1.82, 2.24) is 14.3 Å². The zero-order chi connectivity index (χ0) is 22.4. The number of carboxylic acid groups (broad SMARTS) is 1. The largest absolute Gasteiger partial charge is 0.493 e. The molecular formula is C20H28FN3O6. The minimum Gasteiger partial charge on any atom is -0.493 e. The third-order valence-corrected chi connectivity index (χ3v) is 4.44. The lowest BCUT2D eigenvalue weighted by atomic mass is 10.1. The SMILES string of the molecule is CCCCOc1cc(-n2nc(C(C)OC(C)OCC)n(C)c2=O)c(F)cc1C(=O)O. The summed E-state index contributed by atoms with van der Waals surface area (Å²) in [6.07, 6.45) is 0.423. The molecule has 0 saturated heterocycles. The summed E-state index contributed by atoms with van der Waals surface area (Å²) < 4.78 is 33.4. The van der Waals surface area contributed by atoms with Gasteiger partial charge in [0.05, 0.1) is 6.61 Å². The lowest BCUT2D eigenvalue weighted by Gasteiger charge is -2.17. The van der Waals surface area contributed by atoms with Gasteiger partial charge in [0.15, 0.2) is 12.1 Å². The van der Waals surface area contributed by atoms with Crippen LogP contribution >= 0.6 is 0 Å². The van der Waals surface area contributed by atoms with Gasteiger partial charge >= 0.3 is 11.7 Å². The minimum atomic E-state index is -1.33. The van der Waals surface area contributed by atoms with Gasteiger partial charge in [0.25, 0.3) is 0 Å². The van der Waals surface area contributed by atoms with Crippen LogP contribution in [-0.4, -0.2) is 44.9 Å². The molecule has 30 heavy (non-hydrogen) atoms. The molecule has 9 nitrogen and oxygen atoms in total. The van der Waals surface area contributed by atoms with Gasteiger partial charge in [-0.15, -0.1) is 5.10 Å². The van der Waals surface area contributed by atoms with Crippen LogP contribution in [0.3, 0.4) is 0 Å². The predicted molar refractivity (Wildman–Crippen MR) is 107 cm³/mol. The number of nitrogens with zero attached hydrogens (tertiary/aromatic N) is 3. The molecule has 0 aliphatic heterocycles. The minimum absolute atomic E-state index is 0.0271. The van der Waals surface area contributed by atoms with E-state index in [0.717, 1.165) is 17.2 Å². The monoisotopic (exact) mass is 425 g/mol. The molecule has 0 amide bonds. The number of unbranched alkanes of at least 4 members (excludes halogenated alkanes) is 1. The molecule has 0 aliphatic rings. The Morgan fingerprint density at radius 1 is 1.30 bits per heavy atom. The molecule has 2 rings (SSSR count). The molecule has 0 saturated carbocycles. The maximum Gasteiger partial charge on any atom is 0.350 e. The van der Waals surface area contributed by atoms with Crippen molar-refractivity contribution >= 4 is 5.97 Å². The average molecular weight is 425 g/mol. The van der Waals surface area contributed by atoms with Crippen LogP contribution in [0.1, 0.15) is 62.8 Å². The van der Waals surface area contributed by atoms with Gasteiger partial charge in [0.1, 0.15) is 28.9 Å². The van der Waals surface area contributed by atoms with E-state index in [0.29, 0.717) is 13.0 Å². The Hall–Kier alpha value is -2.72. The van der Waals surface area contributed by atoms with E-state index in [2.05, 4.69) is 5.10 Å². The molecular weight excluding hydrogens is 397 g/mol. The third-order valence-electron chi connectivity index (χ3n) is 4.44. The smallest absolute Gasteiger partial charge is 0.350 e. The number of rotatable bonds is 11. The standard InChI is InChI=1S/C20H28FN3O6/c1-6-8-9-29-17-11-16(15(21)10-14(17)19(25)26)24-20(27)23(5)18(22-24)12(3)30-13(4)28-7-2/h10-13H,6-9H2,1-5H3,(H,25,26). The maximum atomic E-state index is 14.7. The van der Waals surface area contributed by atoms with Gasteiger partial charge in [-0.3, -0.25) is 4.57 Å². The first-order valence-corrected chi connectivity index (χ1v) is 9.84. The zero-order valence-corrected chi connectivity index (χ0v) is 17.8. The van der Waals surface area contributed by atoms with E-state index in [9.17, 15) is 19.1 Å². The van der Waals surface area contributed by atoms with Gasteiger partial charge in [-0.2, -0.15) is 4.68 Å². The summed E-state index contributed by atoms with van der Waals surface area (Å²) in [6.45, 7) is 7.94. The van der Waals surface area contributed by atoms with Crippen LogP contribution in [0, 0.1) is 5.82 Å². The Balaban J connectivity index is 2.47. The van der Waals surface area contributed by atoms with Gasteiger partial charge in [-0.05, 0) is 33.3 Å². The Kier molecular flexibility index (Phi) is 8.13. The van der Waals surface area contributed by atoms with E-state index in [1.54, 1.807) is 13.8 Å². The summed E-state index contributed by atoms with van der Waals surface area (Å²) >= 11 is 0. The van der Waals surface area contributed by atoms with Crippen LogP contribution in [-0.2, 0) is 16.5 Å². The van der Waals surface area contributed by atoms with Crippen LogP contribution in [0.2, 0.25) is 0 Å². The van der Waals surface area contributed by atoms with Crippen molar-refractivity contribution in [2.45, 2.75) is 52.9 Å². The number of halogens is 1. The number of hydrogen-bond acceptors (Lipinski definition) is 6. The predicted octanol–water partition coefficient (Wildman–Crippen LogP) is 3.05. The van der Waals surface area contributed by atoms with E-state index in [1.807, 2.05) is 13.8 Å². The number of benzene rings is 1. The molecule has 2 atom stereocenters. The zero-order valence-electron chi connectivity index (χ0n) is 17.8. The molecule has 0 fully saturated rings.